The molecule has 0 bridgehead atoms. The summed E-state index contributed by atoms with van der Waals surface area (Å²) in [6, 6.07) is 21.2. The van der Waals surface area contributed by atoms with Gasteiger partial charge < -0.3 is 9.47 Å². The van der Waals surface area contributed by atoms with Crippen molar-refractivity contribution in [1.82, 2.24) is 0 Å². The second kappa shape index (κ2) is 10.1. The zero-order valence-electron chi connectivity index (χ0n) is 16.5. The molecular formula is C25H23BrO3. The van der Waals surface area contributed by atoms with Crippen molar-refractivity contribution in [1.29, 1.82) is 0 Å². The van der Waals surface area contributed by atoms with Crippen LogP contribution in [0.1, 0.15) is 34.0 Å². The van der Waals surface area contributed by atoms with Crippen molar-refractivity contribution in [3.63, 3.8) is 0 Å². The SMILES string of the molecule is CCc1ccc(OCc2cc(/C=C/C(=O)c3ccc(Br)cc3)ccc2OC)cc1. The minimum Gasteiger partial charge on any atom is -0.496 e. The maximum atomic E-state index is 12.3. The van der Waals surface area contributed by atoms with E-state index >= 15 is 0 Å². The highest BCUT2D eigenvalue weighted by Crippen LogP contribution is 2.23. The monoisotopic (exact) mass is 450 g/mol. The normalized spacial score (nSPS) is 10.9. The average molecular weight is 451 g/mol. The number of hydrogen-bond donors (Lipinski definition) is 0. The minimum absolute atomic E-state index is 0.0397. The number of halogens is 1. The Labute approximate surface area is 180 Å². The number of benzene rings is 3. The third-order valence-electron chi connectivity index (χ3n) is 4.59. The lowest BCUT2D eigenvalue weighted by molar-refractivity contribution is 0.104. The lowest BCUT2D eigenvalue weighted by Crippen LogP contribution is -1.99. The Kier molecular flexibility index (Phi) is 7.25. The molecule has 0 aliphatic heterocycles. The van der Waals surface area contributed by atoms with E-state index in [1.807, 2.05) is 48.5 Å². The van der Waals surface area contributed by atoms with Gasteiger partial charge in [0, 0.05) is 15.6 Å². The van der Waals surface area contributed by atoms with Crippen LogP contribution in [0.5, 0.6) is 11.5 Å². The minimum atomic E-state index is -0.0397. The van der Waals surface area contributed by atoms with Crippen LogP contribution < -0.4 is 9.47 Å². The Bertz CT molecular complexity index is 990. The van der Waals surface area contributed by atoms with E-state index in [-0.39, 0.29) is 5.78 Å². The molecule has 0 amide bonds. The van der Waals surface area contributed by atoms with E-state index in [0.717, 1.165) is 33.5 Å². The first-order valence-electron chi connectivity index (χ1n) is 9.45. The first kappa shape index (κ1) is 20.9. The number of carbonyl (C=O) groups is 1. The van der Waals surface area contributed by atoms with Crippen molar-refractivity contribution < 1.29 is 14.3 Å². The van der Waals surface area contributed by atoms with Gasteiger partial charge in [0.05, 0.1) is 7.11 Å². The maximum Gasteiger partial charge on any atom is 0.185 e. The molecule has 3 aromatic rings. The number of allylic oxidation sites excluding steroid dienone is 1. The van der Waals surface area contributed by atoms with Crippen molar-refractivity contribution in [3.8, 4) is 11.5 Å². The van der Waals surface area contributed by atoms with Crippen molar-refractivity contribution >= 4 is 27.8 Å². The van der Waals surface area contributed by atoms with E-state index in [1.165, 1.54) is 5.56 Å². The van der Waals surface area contributed by atoms with Crippen molar-refractivity contribution in [2.24, 2.45) is 0 Å². The van der Waals surface area contributed by atoms with Crippen LogP contribution in [0.25, 0.3) is 6.08 Å². The summed E-state index contributed by atoms with van der Waals surface area (Å²) in [5, 5.41) is 0. The molecule has 0 N–H and O–H groups in total. The highest BCUT2D eigenvalue weighted by Gasteiger charge is 2.06. The van der Waals surface area contributed by atoms with Crippen molar-refractivity contribution in [2.75, 3.05) is 7.11 Å². The average Bonchev–Trinajstić information content (AvgIpc) is 2.77. The second-order valence-corrected chi connectivity index (χ2v) is 7.48. The molecule has 0 atom stereocenters. The molecule has 0 spiro atoms. The molecular weight excluding hydrogens is 428 g/mol. The fourth-order valence-corrected chi connectivity index (χ4v) is 3.14. The number of aryl methyl sites for hydroxylation is 1. The smallest absolute Gasteiger partial charge is 0.185 e. The molecule has 29 heavy (non-hydrogen) atoms. The highest BCUT2D eigenvalue weighted by molar-refractivity contribution is 9.10. The van der Waals surface area contributed by atoms with E-state index in [9.17, 15) is 4.79 Å². The number of ether oxygens (including phenoxy) is 2. The van der Waals surface area contributed by atoms with Gasteiger partial charge in [-0.2, -0.15) is 0 Å². The molecule has 3 nitrogen and oxygen atoms in total. The number of carbonyl (C=O) groups excluding carboxylic acids is 1. The van der Waals surface area contributed by atoms with Crippen LogP contribution in [0, 0.1) is 0 Å². The lowest BCUT2D eigenvalue weighted by Gasteiger charge is -2.11. The Hall–Kier alpha value is -2.85. The molecule has 3 rings (SSSR count). The van der Waals surface area contributed by atoms with Gasteiger partial charge in [-0.15, -0.1) is 0 Å². The van der Waals surface area contributed by atoms with Crippen molar-refractivity contribution in [3.05, 3.63) is 99.5 Å². The summed E-state index contributed by atoms with van der Waals surface area (Å²) in [7, 11) is 1.64. The van der Waals surface area contributed by atoms with Crippen molar-refractivity contribution in [2.45, 2.75) is 20.0 Å². The Morgan fingerprint density at radius 1 is 1.00 bits per heavy atom. The molecule has 0 aliphatic rings. The van der Waals surface area contributed by atoms with Gasteiger partial charge in [0.1, 0.15) is 18.1 Å². The fraction of sp³-hybridized carbons (Fsp3) is 0.160. The first-order valence-corrected chi connectivity index (χ1v) is 10.2. The molecule has 0 fully saturated rings. The Morgan fingerprint density at radius 3 is 2.38 bits per heavy atom. The Balaban J connectivity index is 1.71. The van der Waals surface area contributed by atoms with E-state index < -0.39 is 0 Å². The topological polar surface area (TPSA) is 35.5 Å². The number of rotatable bonds is 8. The zero-order chi connectivity index (χ0) is 20.6. The highest BCUT2D eigenvalue weighted by atomic mass is 79.9. The summed E-state index contributed by atoms with van der Waals surface area (Å²) in [4.78, 5) is 12.3. The summed E-state index contributed by atoms with van der Waals surface area (Å²) in [5.41, 5.74) is 3.76. The standard InChI is InChI=1S/C25H23BrO3/c1-3-18-4-12-23(13-5-18)29-17-21-16-19(7-15-25(21)28-2)6-14-24(27)20-8-10-22(26)11-9-20/h4-16H,3,17H2,1-2H3/b14-6+. The summed E-state index contributed by atoms with van der Waals surface area (Å²) < 4.78 is 12.3. The molecule has 0 aliphatic carbocycles. The molecule has 0 radical (unpaired) electrons. The lowest BCUT2D eigenvalue weighted by atomic mass is 10.1. The van der Waals surface area contributed by atoms with Gasteiger partial charge >= 0.3 is 0 Å². The molecule has 3 aromatic carbocycles. The van der Waals surface area contributed by atoms with E-state index in [0.29, 0.717) is 12.2 Å². The van der Waals surface area contributed by atoms with Crippen LogP contribution in [-0.4, -0.2) is 12.9 Å². The fourth-order valence-electron chi connectivity index (χ4n) is 2.88. The van der Waals surface area contributed by atoms with Crippen LogP contribution in [0.4, 0.5) is 0 Å². The zero-order valence-corrected chi connectivity index (χ0v) is 18.1. The van der Waals surface area contributed by atoms with Crippen LogP contribution in [0.3, 0.4) is 0 Å². The molecule has 0 unspecified atom stereocenters. The second-order valence-electron chi connectivity index (χ2n) is 6.56. The first-order chi connectivity index (χ1) is 14.1. The van der Waals surface area contributed by atoms with Gasteiger partial charge in [-0.05, 0) is 72.2 Å². The van der Waals surface area contributed by atoms with Gasteiger partial charge in [0.25, 0.3) is 0 Å². The van der Waals surface area contributed by atoms with Gasteiger partial charge in [-0.25, -0.2) is 0 Å². The maximum absolute atomic E-state index is 12.3. The van der Waals surface area contributed by atoms with Crippen LogP contribution in [0.15, 0.2) is 77.3 Å². The largest absolute Gasteiger partial charge is 0.496 e. The van der Waals surface area contributed by atoms with E-state index in [2.05, 4.69) is 35.0 Å². The third-order valence-corrected chi connectivity index (χ3v) is 5.11. The van der Waals surface area contributed by atoms with Gasteiger partial charge in [0.15, 0.2) is 5.78 Å². The summed E-state index contributed by atoms with van der Waals surface area (Å²) in [6.45, 7) is 2.51. The van der Waals surface area contributed by atoms with Gasteiger partial charge in [-0.3, -0.25) is 4.79 Å². The van der Waals surface area contributed by atoms with Gasteiger partial charge in [0.2, 0.25) is 0 Å². The number of hydrogen-bond acceptors (Lipinski definition) is 3. The quantitative estimate of drug-likeness (QED) is 0.290. The predicted molar refractivity (Wildman–Crippen MR) is 121 cm³/mol. The molecule has 148 valence electrons. The van der Waals surface area contributed by atoms with E-state index in [1.54, 1.807) is 25.3 Å². The molecule has 0 aromatic heterocycles. The molecule has 0 saturated heterocycles. The molecule has 4 heteroatoms. The van der Waals surface area contributed by atoms with Crippen LogP contribution >= 0.6 is 15.9 Å². The predicted octanol–water partition coefficient (Wildman–Crippen LogP) is 6.50. The molecule has 0 heterocycles. The summed E-state index contributed by atoms with van der Waals surface area (Å²) in [6.07, 6.45) is 4.39. The van der Waals surface area contributed by atoms with Crippen LogP contribution in [-0.2, 0) is 13.0 Å². The molecule has 0 saturated carbocycles. The Morgan fingerprint density at radius 2 is 1.72 bits per heavy atom. The van der Waals surface area contributed by atoms with Crippen LogP contribution in [0.2, 0.25) is 0 Å². The summed E-state index contributed by atoms with van der Waals surface area (Å²) in [5.74, 6) is 1.53. The summed E-state index contributed by atoms with van der Waals surface area (Å²) >= 11 is 3.38. The number of methoxy groups -OCH3 is 1. The third kappa shape index (κ3) is 5.81. The van der Waals surface area contributed by atoms with E-state index in [4.69, 9.17) is 9.47 Å². The number of ketones is 1. The van der Waals surface area contributed by atoms with Gasteiger partial charge in [-0.1, -0.05) is 47.1 Å².